The van der Waals surface area contributed by atoms with Crippen LogP contribution in [0.2, 0.25) is 0 Å². The Morgan fingerprint density at radius 1 is 1.35 bits per heavy atom. The highest BCUT2D eigenvalue weighted by Gasteiger charge is 2.11. The molecule has 1 amide bonds. The summed E-state index contributed by atoms with van der Waals surface area (Å²) in [7, 11) is 1.28. The van der Waals surface area contributed by atoms with E-state index in [1.807, 2.05) is 36.7 Å². The zero-order chi connectivity index (χ0) is 16.8. The average molecular weight is 333 g/mol. The lowest BCUT2D eigenvalue weighted by atomic mass is 10.1. The van der Waals surface area contributed by atoms with Gasteiger partial charge in [-0.05, 0) is 25.5 Å². The molecule has 23 heavy (non-hydrogen) atoms. The Hall–Kier alpha value is -2.28. The van der Waals surface area contributed by atoms with Crippen LogP contribution in [0, 0.1) is 13.8 Å². The Balaban J connectivity index is 2.01. The quantitative estimate of drug-likeness (QED) is 0.645. The highest BCUT2D eigenvalue weighted by atomic mass is 32.2. The van der Waals surface area contributed by atoms with E-state index in [1.165, 1.54) is 24.4 Å². The number of carbonyl (C=O) groups is 2. The highest BCUT2D eigenvalue weighted by Crippen LogP contribution is 2.23. The predicted molar refractivity (Wildman–Crippen MR) is 88.8 cm³/mol. The normalized spacial score (nSPS) is 10.4. The number of carbonyl (C=O) groups excluding carboxylic acids is 2. The number of nitrogens with zero attached hydrogens (tertiary/aromatic N) is 2. The van der Waals surface area contributed by atoms with Gasteiger partial charge in [-0.3, -0.25) is 14.2 Å². The monoisotopic (exact) mass is 333 g/mol. The summed E-state index contributed by atoms with van der Waals surface area (Å²) < 4.78 is 6.43. The van der Waals surface area contributed by atoms with E-state index >= 15 is 0 Å². The summed E-state index contributed by atoms with van der Waals surface area (Å²) in [6.45, 7) is 3.97. The van der Waals surface area contributed by atoms with Gasteiger partial charge in [0, 0.05) is 12.4 Å². The first-order valence-electron chi connectivity index (χ1n) is 7.08. The maximum absolute atomic E-state index is 11.7. The maximum atomic E-state index is 11.7. The zero-order valence-electron chi connectivity index (χ0n) is 13.3. The summed E-state index contributed by atoms with van der Waals surface area (Å²) >= 11 is 1.32. The van der Waals surface area contributed by atoms with Crippen molar-refractivity contribution in [2.45, 2.75) is 19.0 Å². The number of amides is 1. The molecule has 0 aliphatic rings. The molecule has 0 spiro atoms. The number of aryl methyl sites for hydroxylation is 2. The van der Waals surface area contributed by atoms with Crippen molar-refractivity contribution in [1.82, 2.24) is 14.9 Å². The summed E-state index contributed by atoms with van der Waals surface area (Å²) in [5.41, 5.74) is 3.37. The predicted octanol–water partition coefficient (Wildman–Crippen LogP) is 1.87. The van der Waals surface area contributed by atoms with Crippen LogP contribution in [-0.4, -0.2) is 40.8 Å². The van der Waals surface area contributed by atoms with E-state index in [2.05, 4.69) is 21.1 Å². The van der Waals surface area contributed by atoms with Gasteiger partial charge in [-0.25, -0.2) is 4.98 Å². The van der Waals surface area contributed by atoms with Crippen molar-refractivity contribution in [2.75, 3.05) is 19.4 Å². The molecule has 7 heteroatoms. The second-order valence-electron chi connectivity index (χ2n) is 5.01. The molecule has 0 atom stereocenters. The lowest BCUT2D eigenvalue weighted by Gasteiger charge is -2.11. The van der Waals surface area contributed by atoms with Gasteiger partial charge in [0.15, 0.2) is 5.16 Å². The molecule has 0 radical (unpaired) electrons. The molecule has 0 aliphatic carbocycles. The van der Waals surface area contributed by atoms with Crippen LogP contribution in [0.15, 0.2) is 35.7 Å². The van der Waals surface area contributed by atoms with Crippen molar-refractivity contribution in [1.29, 1.82) is 0 Å². The summed E-state index contributed by atoms with van der Waals surface area (Å²) in [4.78, 5) is 27.0. The maximum Gasteiger partial charge on any atom is 0.325 e. The number of hydrogen-bond donors (Lipinski definition) is 1. The van der Waals surface area contributed by atoms with E-state index < -0.39 is 5.97 Å². The fourth-order valence-electron chi connectivity index (χ4n) is 2.08. The Morgan fingerprint density at radius 2 is 2.13 bits per heavy atom. The molecule has 1 heterocycles. The van der Waals surface area contributed by atoms with Gasteiger partial charge < -0.3 is 10.1 Å². The first-order valence-corrected chi connectivity index (χ1v) is 8.07. The lowest BCUT2D eigenvalue weighted by Crippen LogP contribution is -2.31. The molecule has 0 saturated heterocycles. The number of imidazole rings is 1. The van der Waals surface area contributed by atoms with Crippen molar-refractivity contribution in [3.8, 4) is 5.69 Å². The molecule has 2 aromatic rings. The molecule has 0 unspecified atom stereocenters. The number of nitrogens with one attached hydrogen (secondary N) is 1. The van der Waals surface area contributed by atoms with E-state index in [0.29, 0.717) is 0 Å². The highest BCUT2D eigenvalue weighted by molar-refractivity contribution is 7.99. The topological polar surface area (TPSA) is 73.2 Å². The van der Waals surface area contributed by atoms with Gasteiger partial charge in [-0.2, -0.15) is 0 Å². The second kappa shape index (κ2) is 7.82. The van der Waals surface area contributed by atoms with Gasteiger partial charge >= 0.3 is 5.97 Å². The number of thioether (sulfide) groups is 1. The van der Waals surface area contributed by atoms with E-state index in [4.69, 9.17) is 0 Å². The number of methoxy groups -OCH3 is 1. The number of ether oxygens (including phenoxy) is 1. The van der Waals surface area contributed by atoms with Gasteiger partial charge in [0.1, 0.15) is 6.54 Å². The van der Waals surface area contributed by atoms with Gasteiger partial charge in [-0.15, -0.1) is 0 Å². The van der Waals surface area contributed by atoms with E-state index in [-0.39, 0.29) is 18.2 Å². The van der Waals surface area contributed by atoms with Gasteiger partial charge in [0.25, 0.3) is 0 Å². The largest absolute Gasteiger partial charge is 0.468 e. The molecule has 0 aliphatic heterocycles. The Bertz CT molecular complexity index is 712. The van der Waals surface area contributed by atoms with Gasteiger partial charge in [-0.1, -0.05) is 29.5 Å². The van der Waals surface area contributed by atoms with Crippen molar-refractivity contribution in [2.24, 2.45) is 0 Å². The summed E-state index contributed by atoms with van der Waals surface area (Å²) in [6, 6.07) is 6.18. The van der Waals surface area contributed by atoms with Crippen LogP contribution in [0.25, 0.3) is 5.69 Å². The number of hydrogen-bond acceptors (Lipinski definition) is 5. The van der Waals surface area contributed by atoms with Crippen LogP contribution in [0.4, 0.5) is 0 Å². The summed E-state index contributed by atoms with van der Waals surface area (Å²) in [5, 5.41) is 3.23. The lowest BCUT2D eigenvalue weighted by molar-refractivity contribution is -0.140. The fraction of sp³-hybridized carbons (Fsp3) is 0.312. The van der Waals surface area contributed by atoms with E-state index in [0.717, 1.165) is 16.4 Å². The first kappa shape index (κ1) is 17.1. The second-order valence-corrected chi connectivity index (χ2v) is 5.95. The minimum absolute atomic E-state index is 0.124. The molecule has 0 fully saturated rings. The standard InChI is InChI=1S/C16H19N3O3S/c1-11-4-5-13(12(2)8-11)19-7-6-17-16(19)23-10-14(20)18-9-15(21)22-3/h4-8H,9-10H2,1-3H3,(H,18,20). The van der Waals surface area contributed by atoms with Crippen LogP contribution in [0.3, 0.4) is 0 Å². The number of benzene rings is 1. The van der Waals surface area contributed by atoms with Crippen LogP contribution in [0.5, 0.6) is 0 Å². The van der Waals surface area contributed by atoms with Crippen LogP contribution < -0.4 is 5.32 Å². The number of aromatic nitrogens is 2. The molecule has 2 rings (SSSR count). The number of rotatable bonds is 6. The Kier molecular flexibility index (Phi) is 5.81. The molecule has 1 aromatic heterocycles. The minimum Gasteiger partial charge on any atom is -0.468 e. The molecule has 1 aromatic carbocycles. The van der Waals surface area contributed by atoms with Gasteiger partial charge in [0.05, 0.1) is 18.6 Å². The van der Waals surface area contributed by atoms with E-state index in [1.54, 1.807) is 6.20 Å². The summed E-state index contributed by atoms with van der Waals surface area (Å²) in [6.07, 6.45) is 3.57. The molecule has 0 saturated carbocycles. The first-order chi connectivity index (χ1) is 11.0. The third-order valence-electron chi connectivity index (χ3n) is 3.21. The minimum atomic E-state index is -0.472. The molecular weight excluding hydrogens is 314 g/mol. The Labute approximate surface area is 139 Å². The fourth-order valence-corrected chi connectivity index (χ4v) is 2.88. The molecule has 1 N–H and O–H groups in total. The molecule has 122 valence electrons. The SMILES string of the molecule is COC(=O)CNC(=O)CSc1nccn1-c1ccc(C)cc1C. The van der Waals surface area contributed by atoms with Crippen molar-refractivity contribution in [3.05, 3.63) is 41.7 Å². The van der Waals surface area contributed by atoms with Crippen molar-refractivity contribution in [3.63, 3.8) is 0 Å². The smallest absolute Gasteiger partial charge is 0.325 e. The zero-order valence-corrected chi connectivity index (χ0v) is 14.1. The van der Waals surface area contributed by atoms with Crippen LogP contribution in [-0.2, 0) is 14.3 Å². The third kappa shape index (κ3) is 4.59. The Morgan fingerprint density at radius 3 is 2.83 bits per heavy atom. The third-order valence-corrected chi connectivity index (χ3v) is 4.18. The van der Waals surface area contributed by atoms with Crippen molar-refractivity contribution >= 4 is 23.6 Å². The molecular formula is C16H19N3O3S. The average Bonchev–Trinajstić information content (AvgIpc) is 2.98. The van der Waals surface area contributed by atoms with Crippen molar-refractivity contribution < 1.29 is 14.3 Å². The van der Waals surface area contributed by atoms with Crippen LogP contribution in [0.1, 0.15) is 11.1 Å². The molecule has 0 bridgehead atoms. The van der Waals surface area contributed by atoms with Crippen LogP contribution >= 0.6 is 11.8 Å². The van der Waals surface area contributed by atoms with E-state index in [9.17, 15) is 9.59 Å². The number of esters is 1. The summed E-state index contributed by atoms with van der Waals surface area (Å²) in [5.74, 6) is -0.533. The molecule has 6 nitrogen and oxygen atoms in total. The van der Waals surface area contributed by atoms with Gasteiger partial charge in [0.2, 0.25) is 5.91 Å².